The Hall–Kier alpha value is -1.60. The Kier molecular flexibility index (Phi) is 8.91. The van der Waals surface area contributed by atoms with Gasteiger partial charge in [0.2, 0.25) is 5.95 Å². The first-order valence-electron chi connectivity index (χ1n) is 8.71. The van der Waals surface area contributed by atoms with Crippen LogP contribution in [0.5, 0.6) is 5.75 Å². The van der Waals surface area contributed by atoms with Gasteiger partial charge in [0.1, 0.15) is 25.0 Å². The van der Waals surface area contributed by atoms with Crippen LogP contribution in [0.15, 0.2) is 30.6 Å². The quantitative estimate of drug-likeness (QED) is 0.504. The average Bonchev–Trinajstić information content (AvgIpc) is 2.64. The fourth-order valence-corrected chi connectivity index (χ4v) is 2.58. The van der Waals surface area contributed by atoms with Crippen molar-refractivity contribution < 1.29 is 15.2 Å². The predicted octanol–water partition coefficient (Wildman–Crippen LogP) is 2.15. The molecule has 0 bridgehead atoms. The smallest absolute Gasteiger partial charge is 0.222 e. The van der Waals surface area contributed by atoms with E-state index in [9.17, 15) is 5.11 Å². The van der Waals surface area contributed by atoms with Crippen molar-refractivity contribution in [2.45, 2.75) is 25.9 Å². The normalized spacial score (nSPS) is 12.0. The highest BCUT2D eigenvalue weighted by molar-refractivity contribution is 6.42. The van der Waals surface area contributed by atoms with E-state index < -0.39 is 6.10 Å². The van der Waals surface area contributed by atoms with Crippen LogP contribution in [0.25, 0.3) is 0 Å². The van der Waals surface area contributed by atoms with Gasteiger partial charge < -0.3 is 20.5 Å². The molecule has 0 aliphatic carbocycles. The number of aliphatic hydroxyl groups excluding tert-OH is 1. The fourth-order valence-electron chi connectivity index (χ4n) is 2.29. The lowest BCUT2D eigenvalue weighted by atomic mass is 10.2. The number of hydrogen-bond acceptors (Lipinski definition) is 5. The minimum atomic E-state index is -0.575. The van der Waals surface area contributed by atoms with Gasteiger partial charge in [-0.15, -0.1) is 0 Å². The molecule has 0 amide bonds. The molecule has 1 atom stereocenters. The lowest BCUT2D eigenvalue weighted by Gasteiger charge is -2.12. The zero-order valence-corrected chi connectivity index (χ0v) is 16.3. The first kappa shape index (κ1) is 20.7. The lowest BCUT2D eigenvalue weighted by Crippen LogP contribution is -2.87. The Labute approximate surface area is 163 Å². The van der Waals surface area contributed by atoms with Gasteiger partial charge in [-0.25, -0.2) is 9.97 Å². The van der Waals surface area contributed by atoms with E-state index in [0.29, 0.717) is 34.8 Å². The summed E-state index contributed by atoms with van der Waals surface area (Å²) in [4.78, 5) is 8.56. The highest BCUT2D eigenvalue weighted by Crippen LogP contribution is 2.26. The zero-order valence-electron chi connectivity index (χ0n) is 14.8. The van der Waals surface area contributed by atoms with E-state index >= 15 is 0 Å². The second-order valence-corrected chi connectivity index (χ2v) is 6.76. The van der Waals surface area contributed by atoms with E-state index in [1.807, 2.05) is 17.7 Å². The maximum atomic E-state index is 9.97. The number of aliphatic hydroxyl groups is 1. The molecule has 0 fully saturated rings. The van der Waals surface area contributed by atoms with E-state index in [1.54, 1.807) is 18.2 Å². The van der Waals surface area contributed by atoms with Crippen molar-refractivity contribution >= 4 is 29.2 Å². The van der Waals surface area contributed by atoms with Crippen molar-refractivity contribution in [1.29, 1.82) is 0 Å². The van der Waals surface area contributed by atoms with Crippen molar-refractivity contribution in [2.75, 3.05) is 31.6 Å². The Morgan fingerprint density at radius 1 is 1.23 bits per heavy atom. The molecule has 142 valence electrons. The topological polar surface area (TPSA) is 83.9 Å². The van der Waals surface area contributed by atoms with Crippen LogP contribution in [-0.2, 0) is 6.42 Å². The van der Waals surface area contributed by atoms with Crippen LogP contribution in [0.1, 0.15) is 18.9 Å². The van der Waals surface area contributed by atoms with Crippen molar-refractivity contribution in [2.24, 2.45) is 0 Å². The molecule has 1 aromatic carbocycles. The van der Waals surface area contributed by atoms with E-state index in [2.05, 4.69) is 22.2 Å². The third-order valence-corrected chi connectivity index (χ3v) is 4.39. The second kappa shape index (κ2) is 11.2. The molecule has 0 spiro atoms. The number of benzene rings is 1. The number of nitrogens with two attached hydrogens (primary N) is 1. The molecule has 1 aromatic heterocycles. The molecule has 2 aromatic rings. The number of nitrogens with one attached hydrogen (secondary N) is 1. The summed E-state index contributed by atoms with van der Waals surface area (Å²) in [6.45, 7) is 4.38. The minimum Gasteiger partial charge on any atom is -0.491 e. The molecule has 2 rings (SSSR count). The highest BCUT2D eigenvalue weighted by Gasteiger charge is 2.08. The number of anilines is 1. The van der Waals surface area contributed by atoms with E-state index in [4.69, 9.17) is 27.9 Å². The molecule has 0 radical (unpaired) electrons. The Bertz CT molecular complexity index is 671. The van der Waals surface area contributed by atoms with Crippen LogP contribution >= 0.6 is 23.2 Å². The predicted molar refractivity (Wildman–Crippen MR) is 104 cm³/mol. The standard InChI is InChI=1S/C18H24Cl2N4O2/c1-2-3-13-9-23-18(24-10-13)22-7-6-21-11-14(25)12-26-15-4-5-16(19)17(20)8-15/h4-5,8-10,14,21,25H,2-3,6-7,11-12H2,1H3,(H,22,23,24)/p+1/t14-/m1/s1. The Morgan fingerprint density at radius 3 is 2.69 bits per heavy atom. The SMILES string of the molecule is CCCc1cnc(NCC[NH2+]C[C@@H](O)COc2ccc(Cl)c(Cl)c2)nc1. The number of aryl methyl sites for hydroxylation is 1. The Morgan fingerprint density at radius 2 is 2.00 bits per heavy atom. The molecule has 26 heavy (non-hydrogen) atoms. The molecule has 0 saturated carbocycles. The van der Waals surface area contributed by atoms with Gasteiger partial charge >= 0.3 is 0 Å². The molecule has 4 N–H and O–H groups in total. The van der Waals surface area contributed by atoms with Gasteiger partial charge in [-0.3, -0.25) is 0 Å². The third kappa shape index (κ3) is 7.33. The fraction of sp³-hybridized carbons (Fsp3) is 0.444. The summed E-state index contributed by atoms with van der Waals surface area (Å²) < 4.78 is 5.51. The Balaban J connectivity index is 1.58. The summed E-state index contributed by atoms with van der Waals surface area (Å²) >= 11 is 11.8. The molecular weight excluding hydrogens is 375 g/mol. The summed E-state index contributed by atoms with van der Waals surface area (Å²) in [5.74, 6) is 1.21. The van der Waals surface area contributed by atoms with Crippen LogP contribution in [-0.4, -0.2) is 47.4 Å². The largest absolute Gasteiger partial charge is 0.491 e. The molecule has 0 aliphatic rings. The number of rotatable bonds is 11. The van der Waals surface area contributed by atoms with Crippen molar-refractivity contribution in [3.05, 3.63) is 46.2 Å². The van der Waals surface area contributed by atoms with Gasteiger partial charge in [-0.1, -0.05) is 36.5 Å². The first-order valence-corrected chi connectivity index (χ1v) is 9.46. The summed E-state index contributed by atoms with van der Waals surface area (Å²) in [5, 5.41) is 16.1. The number of aromatic nitrogens is 2. The molecule has 0 saturated heterocycles. The summed E-state index contributed by atoms with van der Waals surface area (Å²) in [7, 11) is 0. The zero-order chi connectivity index (χ0) is 18.8. The summed E-state index contributed by atoms with van der Waals surface area (Å²) in [6, 6.07) is 5.02. The molecule has 0 unspecified atom stereocenters. The van der Waals surface area contributed by atoms with E-state index in [-0.39, 0.29) is 6.61 Å². The van der Waals surface area contributed by atoms with Crippen LogP contribution in [0.2, 0.25) is 10.0 Å². The van der Waals surface area contributed by atoms with Crippen molar-refractivity contribution in [3.63, 3.8) is 0 Å². The highest BCUT2D eigenvalue weighted by atomic mass is 35.5. The number of hydrogen-bond donors (Lipinski definition) is 3. The first-order chi connectivity index (χ1) is 12.6. The molecular formula is C18H25Cl2N4O2+. The third-order valence-electron chi connectivity index (χ3n) is 3.65. The van der Waals surface area contributed by atoms with Crippen LogP contribution in [0, 0.1) is 0 Å². The maximum Gasteiger partial charge on any atom is 0.222 e. The van der Waals surface area contributed by atoms with Gasteiger partial charge in [-0.2, -0.15) is 0 Å². The van der Waals surface area contributed by atoms with Crippen LogP contribution in [0.4, 0.5) is 5.95 Å². The number of quaternary nitrogens is 1. The average molecular weight is 400 g/mol. The van der Waals surface area contributed by atoms with Gasteiger partial charge in [0, 0.05) is 18.5 Å². The minimum absolute atomic E-state index is 0.198. The number of ether oxygens (including phenoxy) is 1. The van der Waals surface area contributed by atoms with Gasteiger partial charge in [0.25, 0.3) is 0 Å². The molecule has 8 heteroatoms. The second-order valence-electron chi connectivity index (χ2n) is 5.95. The number of nitrogens with zero attached hydrogens (tertiary/aromatic N) is 2. The maximum absolute atomic E-state index is 9.97. The lowest BCUT2D eigenvalue weighted by molar-refractivity contribution is -0.658. The van der Waals surface area contributed by atoms with E-state index in [1.165, 1.54) is 0 Å². The molecule has 0 aliphatic heterocycles. The van der Waals surface area contributed by atoms with Crippen LogP contribution < -0.4 is 15.4 Å². The molecule has 6 nitrogen and oxygen atoms in total. The summed E-state index contributed by atoms with van der Waals surface area (Å²) in [5.41, 5.74) is 1.15. The molecule has 1 heterocycles. The van der Waals surface area contributed by atoms with Gasteiger partial charge in [0.15, 0.2) is 0 Å². The summed E-state index contributed by atoms with van der Waals surface area (Å²) in [6.07, 6.45) is 5.21. The van der Waals surface area contributed by atoms with Crippen molar-refractivity contribution in [3.8, 4) is 5.75 Å². The number of halogens is 2. The monoisotopic (exact) mass is 399 g/mol. The van der Waals surface area contributed by atoms with Crippen molar-refractivity contribution in [1.82, 2.24) is 9.97 Å². The van der Waals surface area contributed by atoms with Gasteiger partial charge in [0.05, 0.1) is 23.1 Å². The van der Waals surface area contributed by atoms with Crippen LogP contribution in [0.3, 0.4) is 0 Å². The van der Waals surface area contributed by atoms with E-state index in [0.717, 1.165) is 24.9 Å². The van der Waals surface area contributed by atoms with Gasteiger partial charge in [-0.05, 0) is 24.1 Å².